The summed E-state index contributed by atoms with van der Waals surface area (Å²) >= 11 is 0. The Balaban J connectivity index is 1.87. The molecule has 4 aliphatic carbocycles. The topological polar surface area (TPSA) is 0 Å². The van der Waals surface area contributed by atoms with Gasteiger partial charge in [-0.15, -0.1) is 0 Å². The highest BCUT2D eigenvalue weighted by Crippen LogP contribution is 2.64. The lowest BCUT2D eigenvalue weighted by atomic mass is 9.42. The normalized spacial score (nSPS) is 43.4. The first kappa shape index (κ1) is 11.8. The van der Waals surface area contributed by atoms with Crippen LogP contribution in [0.15, 0.2) is 42.5 Å². The van der Waals surface area contributed by atoms with Gasteiger partial charge in [0.15, 0.2) is 0 Å². The molecule has 0 atom stereocenters. The van der Waals surface area contributed by atoms with E-state index in [9.17, 15) is 0 Å². The molecular formula is C19H24. The Morgan fingerprint density at radius 2 is 1.47 bits per heavy atom. The summed E-state index contributed by atoms with van der Waals surface area (Å²) in [6, 6.07) is 11.3. The molecule has 5 rings (SSSR count). The van der Waals surface area contributed by atoms with Crippen LogP contribution in [0.5, 0.6) is 0 Å². The Bertz CT molecular complexity index is 468. The molecule has 0 nitrogen and oxygen atoms in total. The van der Waals surface area contributed by atoms with Gasteiger partial charge in [-0.3, -0.25) is 0 Å². The predicted molar refractivity (Wildman–Crippen MR) is 80.0 cm³/mol. The van der Waals surface area contributed by atoms with Gasteiger partial charge in [0.25, 0.3) is 0 Å². The number of hydrogen-bond donors (Lipinski definition) is 0. The lowest BCUT2D eigenvalue weighted by Gasteiger charge is -2.62. The number of hydrogen-bond acceptors (Lipinski definition) is 0. The van der Waals surface area contributed by atoms with E-state index in [1.165, 1.54) is 37.7 Å². The molecule has 0 spiro atoms. The van der Waals surface area contributed by atoms with Gasteiger partial charge in [-0.2, -0.15) is 0 Å². The number of benzene rings is 1. The van der Waals surface area contributed by atoms with Gasteiger partial charge in [-0.1, -0.05) is 42.5 Å². The average Bonchev–Trinajstić information content (AvgIpc) is 2.39. The van der Waals surface area contributed by atoms with Crippen LogP contribution in [0.4, 0.5) is 0 Å². The van der Waals surface area contributed by atoms with Crippen molar-refractivity contribution in [2.24, 2.45) is 23.7 Å². The maximum Gasteiger partial charge on any atom is 0.0213 e. The van der Waals surface area contributed by atoms with Gasteiger partial charge < -0.3 is 0 Å². The van der Waals surface area contributed by atoms with Crippen molar-refractivity contribution in [1.82, 2.24) is 0 Å². The first-order valence-electron chi connectivity index (χ1n) is 7.92. The lowest BCUT2D eigenvalue weighted by molar-refractivity contribution is -0.0434. The second-order valence-electron chi connectivity index (χ2n) is 7.32. The summed E-state index contributed by atoms with van der Waals surface area (Å²) in [5.41, 5.74) is 3.28. The lowest BCUT2D eigenvalue weighted by Crippen LogP contribution is -2.56. The van der Waals surface area contributed by atoms with Crippen LogP contribution in [-0.2, 0) is 5.41 Å². The molecule has 0 heterocycles. The predicted octanol–water partition coefficient (Wildman–Crippen LogP) is 4.96. The second kappa shape index (κ2) is 3.98. The van der Waals surface area contributed by atoms with Gasteiger partial charge in [0.2, 0.25) is 0 Å². The zero-order valence-corrected chi connectivity index (χ0v) is 11.9. The SMILES string of the molecule is C=C(C)C1(c2ccccc2)C2CC3CC(C2)CC1C3. The first-order valence-corrected chi connectivity index (χ1v) is 7.92. The number of rotatable bonds is 2. The Kier molecular flexibility index (Phi) is 2.46. The molecule has 0 amide bonds. The van der Waals surface area contributed by atoms with Crippen LogP contribution < -0.4 is 0 Å². The van der Waals surface area contributed by atoms with Gasteiger partial charge in [-0.05, 0) is 68.3 Å². The van der Waals surface area contributed by atoms with E-state index in [4.69, 9.17) is 0 Å². The first-order chi connectivity index (χ1) is 9.21. The van der Waals surface area contributed by atoms with Crippen LogP contribution in [-0.4, -0.2) is 0 Å². The third-order valence-electron chi connectivity index (χ3n) is 6.38. The third kappa shape index (κ3) is 1.46. The number of allylic oxidation sites excluding steroid dienone is 1. The van der Waals surface area contributed by atoms with Crippen LogP contribution in [0.2, 0.25) is 0 Å². The fourth-order valence-corrected chi connectivity index (χ4v) is 6.06. The van der Waals surface area contributed by atoms with Gasteiger partial charge in [0, 0.05) is 5.41 Å². The highest BCUT2D eigenvalue weighted by atomic mass is 14.6. The van der Waals surface area contributed by atoms with E-state index in [0.29, 0.717) is 5.41 Å². The van der Waals surface area contributed by atoms with Crippen LogP contribution in [0.3, 0.4) is 0 Å². The molecule has 19 heavy (non-hydrogen) atoms. The molecule has 1 aromatic rings. The minimum atomic E-state index is 0.300. The van der Waals surface area contributed by atoms with E-state index in [1.807, 2.05) is 0 Å². The molecule has 0 aromatic heterocycles. The van der Waals surface area contributed by atoms with Gasteiger partial charge in [0.05, 0.1) is 0 Å². The van der Waals surface area contributed by atoms with Crippen molar-refractivity contribution in [2.75, 3.05) is 0 Å². The summed E-state index contributed by atoms with van der Waals surface area (Å²) in [6.45, 7) is 6.74. The molecular weight excluding hydrogens is 228 g/mol. The van der Waals surface area contributed by atoms with Crippen molar-refractivity contribution < 1.29 is 0 Å². The van der Waals surface area contributed by atoms with Crippen molar-refractivity contribution in [2.45, 2.75) is 44.4 Å². The Labute approximate surface area is 116 Å². The fourth-order valence-electron chi connectivity index (χ4n) is 6.06. The van der Waals surface area contributed by atoms with Crippen LogP contribution in [0.1, 0.15) is 44.6 Å². The quantitative estimate of drug-likeness (QED) is 0.653. The smallest absolute Gasteiger partial charge is 0.0213 e. The monoisotopic (exact) mass is 252 g/mol. The summed E-state index contributed by atoms with van der Waals surface area (Å²) in [4.78, 5) is 0. The van der Waals surface area contributed by atoms with Gasteiger partial charge in [0.1, 0.15) is 0 Å². The summed E-state index contributed by atoms with van der Waals surface area (Å²) in [5, 5.41) is 0. The minimum absolute atomic E-state index is 0.300. The molecule has 0 unspecified atom stereocenters. The molecule has 0 radical (unpaired) electrons. The van der Waals surface area contributed by atoms with Crippen LogP contribution in [0.25, 0.3) is 0 Å². The van der Waals surface area contributed by atoms with Crippen molar-refractivity contribution in [3.8, 4) is 0 Å². The average molecular weight is 252 g/mol. The third-order valence-corrected chi connectivity index (χ3v) is 6.38. The minimum Gasteiger partial charge on any atom is -0.0992 e. The Morgan fingerprint density at radius 3 is 1.95 bits per heavy atom. The van der Waals surface area contributed by atoms with Crippen LogP contribution >= 0.6 is 0 Å². The molecule has 4 saturated carbocycles. The molecule has 0 N–H and O–H groups in total. The molecule has 100 valence electrons. The van der Waals surface area contributed by atoms with E-state index >= 15 is 0 Å². The summed E-state index contributed by atoms with van der Waals surface area (Å²) in [7, 11) is 0. The maximum atomic E-state index is 4.45. The highest BCUT2D eigenvalue weighted by molar-refractivity contribution is 5.39. The Hall–Kier alpha value is -1.04. The van der Waals surface area contributed by atoms with Crippen molar-refractivity contribution in [1.29, 1.82) is 0 Å². The molecule has 4 aliphatic rings. The summed E-state index contributed by atoms with van der Waals surface area (Å²) in [5.74, 6) is 3.78. The molecule has 4 fully saturated rings. The van der Waals surface area contributed by atoms with Crippen molar-refractivity contribution in [3.63, 3.8) is 0 Å². The second-order valence-corrected chi connectivity index (χ2v) is 7.32. The molecule has 0 saturated heterocycles. The van der Waals surface area contributed by atoms with E-state index in [0.717, 1.165) is 23.7 Å². The standard InChI is InChI=1S/C19H24/c1-13(2)19(16-6-4-3-5-7-16)17-9-14-8-15(11-17)12-18(19)10-14/h3-7,14-15,17-18H,1,8-12H2,2H3. The fraction of sp³-hybridized carbons (Fsp3) is 0.579. The van der Waals surface area contributed by atoms with E-state index < -0.39 is 0 Å². The zero-order valence-electron chi connectivity index (χ0n) is 11.9. The van der Waals surface area contributed by atoms with Gasteiger partial charge in [-0.25, -0.2) is 0 Å². The van der Waals surface area contributed by atoms with Crippen molar-refractivity contribution >= 4 is 0 Å². The van der Waals surface area contributed by atoms with Crippen molar-refractivity contribution in [3.05, 3.63) is 48.0 Å². The summed E-state index contributed by atoms with van der Waals surface area (Å²) < 4.78 is 0. The van der Waals surface area contributed by atoms with E-state index in [1.54, 1.807) is 5.56 Å². The molecule has 0 heteroatoms. The largest absolute Gasteiger partial charge is 0.0992 e. The van der Waals surface area contributed by atoms with E-state index in [-0.39, 0.29) is 0 Å². The molecule has 1 aromatic carbocycles. The Morgan fingerprint density at radius 1 is 0.947 bits per heavy atom. The summed E-state index contributed by atoms with van der Waals surface area (Å²) in [6.07, 6.45) is 7.33. The zero-order chi connectivity index (χ0) is 13.0. The van der Waals surface area contributed by atoms with Gasteiger partial charge >= 0.3 is 0 Å². The highest BCUT2D eigenvalue weighted by Gasteiger charge is 2.57. The van der Waals surface area contributed by atoms with E-state index in [2.05, 4.69) is 43.8 Å². The van der Waals surface area contributed by atoms with Crippen LogP contribution in [0, 0.1) is 23.7 Å². The molecule has 4 bridgehead atoms. The molecule has 0 aliphatic heterocycles. The maximum absolute atomic E-state index is 4.45.